The Labute approximate surface area is 204 Å². The molecule has 0 bridgehead atoms. The second kappa shape index (κ2) is 9.34. The van der Waals surface area contributed by atoms with Crippen molar-refractivity contribution in [2.24, 2.45) is 0 Å². The standard InChI is InChI=1S/C27H30N2O6/c1-2-27(25(31)32)13-7-14-29(27)24(30)23-22(12-15-34-23)28-26(33)35-16-21-19-10-5-3-8-17(19)18-9-4-6-11-20(18)21/h3-6,8-11,21-23H,2,7,12-16H2,1H3,(H,28,33)(H,31,32). The summed E-state index contributed by atoms with van der Waals surface area (Å²) in [6.45, 7) is 2.64. The van der Waals surface area contributed by atoms with E-state index in [1.807, 2.05) is 24.3 Å². The van der Waals surface area contributed by atoms with Gasteiger partial charge < -0.3 is 24.8 Å². The van der Waals surface area contributed by atoms with Crippen LogP contribution in [0.2, 0.25) is 0 Å². The molecule has 3 unspecified atom stereocenters. The first-order chi connectivity index (χ1) is 17.0. The number of benzene rings is 2. The first kappa shape index (κ1) is 23.4. The highest BCUT2D eigenvalue weighted by Crippen LogP contribution is 2.44. The molecule has 2 fully saturated rings. The molecule has 35 heavy (non-hydrogen) atoms. The number of nitrogens with one attached hydrogen (secondary N) is 1. The van der Waals surface area contributed by atoms with Gasteiger partial charge in [-0.1, -0.05) is 55.5 Å². The topological polar surface area (TPSA) is 105 Å². The molecule has 184 valence electrons. The Balaban J connectivity index is 1.24. The van der Waals surface area contributed by atoms with Gasteiger partial charge in [-0.05, 0) is 47.9 Å². The Bertz CT molecular complexity index is 1100. The van der Waals surface area contributed by atoms with Gasteiger partial charge in [0.15, 0.2) is 6.10 Å². The molecule has 2 N–H and O–H groups in total. The van der Waals surface area contributed by atoms with Crippen LogP contribution in [0.25, 0.3) is 11.1 Å². The number of hydrogen-bond donors (Lipinski definition) is 2. The molecule has 8 nitrogen and oxygen atoms in total. The van der Waals surface area contributed by atoms with E-state index in [9.17, 15) is 19.5 Å². The predicted octanol–water partition coefficient (Wildman–Crippen LogP) is 3.54. The van der Waals surface area contributed by atoms with E-state index in [2.05, 4.69) is 29.6 Å². The van der Waals surface area contributed by atoms with Crippen LogP contribution in [-0.4, -0.2) is 65.4 Å². The number of amides is 2. The highest BCUT2D eigenvalue weighted by Gasteiger charge is 2.51. The van der Waals surface area contributed by atoms with Crippen LogP contribution in [0.3, 0.4) is 0 Å². The molecular formula is C27H30N2O6. The average molecular weight is 479 g/mol. The van der Waals surface area contributed by atoms with E-state index >= 15 is 0 Å². The summed E-state index contributed by atoms with van der Waals surface area (Å²) in [5.41, 5.74) is 3.33. The SMILES string of the molecule is CCC1(C(=O)O)CCCN1C(=O)C1OCCC1NC(=O)OCC1c2ccccc2-c2ccccc21. The molecule has 0 radical (unpaired) electrons. The Kier molecular flexibility index (Phi) is 6.23. The summed E-state index contributed by atoms with van der Waals surface area (Å²) < 4.78 is 11.3. The van der Waals surface area contributed by atoms with Gasteiger partial charge in [0.05, 0.1) is 6.04 Å². The molecule has 2 saturated heterocycles. The molecule has 2 heterocycles. The van der Waals surface area contributed by atoms with Crippen molar-refractivity contribution in [3.05, 3.63) is 59.7 Å². The van der Waals surface area contributed by atoms with Crippen LogP contribution in [0.5, 0.6) is 0 Å². The summed E-state index contributed by atoms with van der Waals surface area (Å²) >= 11 is 0. The molecule has 5 rings (SSSR count). The van der Waals surface area contributed by atoms with Crippen LogP contribution >= 0.6 is 0 Å². The minimum absolute atomic E-state index is 0.0595. The number of ether oxygens (including phenoxy) is 2. The van der Waals surface area contributed by atoms with Crippen molar-refractivity contribution in [3.8, 4) is 11.1 Å². The van der Waals surface area contributed by atoms with E-state index < -0.39 is 29.7 Å². The van der Waals surface area contributed by atoms with Gasteiger partial charge in [0.1, 0.15) is 12.1 Å². The molecule has 2 aliphatic heterocycles. The van der Waals surface area contributed by atoms with E-state index in [1.54, 1.807) is 6.92 Å². The van der Waals surface area contributed by atoms with Gasteiger partial charge in [-0.3, -0.25) is 4.79 Å². The summed E-state index contributed by atoms with van der Waals surface area (Å²) in [5.74, 6) is -1.44. The van der Waals surface area contributed by atoms with Gasteiger partial charge in [-0.2, -0.15) is 0 Å². The zero-order chi connectivity index (χ0) is 24.6. The van der Waals surface area contributed by atoms with Gasteiger partial charge in [0.25, 0.3) is 5.91 Å². The third-order valence-corrected chi connectivity index (χ3v) is 7.72. The van der Waals surface area contributed by atoms with Gasteiger partial charge in [0.2, 0.25) is 0 Å². The van der Waals surface area contributed by atoms with Gasteiger partial charge in [-0.25, -0.2) is 9.59 Å². The highest BCUT2D eigenvalue weighted by atomic mass is 16.6. The third kappa shape index (κ3) is 3.95. The number of fused-ring (bicyclic) bond motifs is 3. The van der Waals surface area contributed by atoms with Crippen LogP contribution in [0.1, 0.15) is 49.7 Å². The smallest absolute Gasteiger partial charge is 0.407 e. The molecular weight excluding hydrogens is 448 g/mol. The normalized spacial score (nSPS) is 25.2. The van der Waals surface area contributed by atoms with Crippen molar-refractivity contribution in [3.63, 3.8) is 0 Å². The van der Waals surface area contributed by atoms with Crippen molar-refractivity contribution < 1.29 is 29.0 Å². The molecule has 3 aliphatic rings. The Morgan fingerprint density at radius 2 is 1.77 bits per heavy atom. The minimum atomic E-state index is -1.21. The van der Waals surface area contributed by atoms with Gasteiger partial charge in [-0.15, -0.1) is 0 Å². The summed E-state index contributed by atoms with van der Waals surface area (Å²) in [7, 11) is 0. The number of rotatable bonds is 6. The molecule has 2 amide bonds. The van der Waals surface area contributed by atoms with E-state index in [1.165, 1.54) is 4.90 Å². The number of alkyl carbamates (subject to hydrolysis) is 1. The second-order valence-corrected chi connectivity index (χ2v) is 9.44. The van der Waals surface area contributed by atoms with Crippen molar-refractivity contribution in [1.29, 1.82) is 0 Å². The average Bonchev–Trinajstić information content (AvgIpc) is 3.59. The van der Waals surface area contributed by atoms with Crippen LogP contribution in [-0.2, 0) is 19.1 Å². The number of likely N-dealkylation sites (tertiary alicyclic amines) is 1. The van der Waals surface area contributed by atoms with Crippen LogP contribution < -0.4 is 5.32 Å². The molecule has 0 aromatic heterocycles. The zero-order valence-corrected chi connectivity index (χ0v) is 19.7. The Hall–Kier alpha value is -3.39. The van der Waals surface area contributed by atoms with Crippen molar-refractivity contribution >= 4 is 18.0 Å². The first-order valence-corrected chi connectivity index (χ1v) is 12.2. The summed E-state index contributed by atoms with van der Waals surface area (Å²) in [5, 5.41) is 12.6. The van der Waals surface area contributed by atoms with Crippen LogP contribution in [0.15, 0.2) is 48.5 Å². The van der Waals surface area contributed by atoms with Gasteiger partial charge >= 0.3 is 12.1 Å². The van der Waals surface area contributed by atoms with Crippen molar-refractivity contribution in [2.45, 2.75) is 56.2 Å². The molecule has 8 heteroatoms. The van der Waals surface area contributed by atoms with Crippen LogP contribution in [0, 0.1) is 0 Å². The maximum absolute atomic E-state index is 13.3. The van der Waals surface area contributed by atoms with E-state index in [4.69, 9.17) is 9.47 Å². The van der Waals surface area contributed by atoms with E-state index in [0.717, 1.165) is 22.3 Å². The van der Waals surface area contributed by atoms with Crippen molar-refractivity contribution in [1.82, 2.24) is 10.2 Å². The highest BCUT2D eigenvalue weighted by molar-refractivity contribution is 5.90. The number of carboxylic acid groups (broad SMARTS) is 1. The quantitative estimate of drug-likeness (QED) is 0.658. The number of carbonyl (C=O) groups excluding carboxylic acids is 2. The second-order valence-electron chi connectivity index (χ2n) is 9.44. The lowest BCUT2D eigenvalue weighted by Crippen LogP contribution is -2.58. The monoisotopic (exact) mass is 478 g/mol. The zero-order valence-electron chi connectivity index (χ0n) is 19.7. The molecule has 3 atom stereocenters. The fraction of sp³-hybridized carbons (Fsp3) is 0.444. The maximum Gasteiger partial charge on any atom is 0.407 e. The fourth-order valence-electron chi connectivity index (χ4n) is 5.87. The molecule has 1 aliphatic carbocycles. The lowest BCUT2D eigenvalue weighted by Gasteiger charge is -2.36. The maximum atomic E-state index is 13.3. The number of nitrogens with zero attached hydrogens (tertiary/aromatic N) is 1. The molecule has 0 spiro atoms. The molecule has 2 aromatic carbocycles. The number of hydrogen-bond acceptors (Lipinski definition) is 5. The van der Waals surface area contributed by atoms with Gasteiger partial charge in [0, 0.05) is 19.1 Å². The summed E-state index contributed by atoms with van der Waals surface area (Å²) in [4.78, 5) is 39.5. The van der Waals surface area contributed by atoms with Crippen LogP contribution in [0.4, 0.5) is 4.79 Å². The Morgan fingerprint density at radius 3 is 2.40 bits per heavy atom. The summed E-state index contributed by atoms with van der Waals surface area (Å²) in [6, 6.07) is 15.7. The number of carbonyl (C=O) groups is 3. The Morgan fingerprint density at radius 1 is 1.11 bits per heavy atom. The number of aliphatic carboxylic acids is 1. The molecule has 0 saturated carbocycles. The first-order valence-electron chi connectivity index (χ1n) is 12.2. The minimum Gasteiger partial charge on any atom is -0.479 e. The third-order valence-electron chi connectivity index (χ3n) is 7.72. The predicted molar refractivity (Wildman–Crippen MR) is 128 cm³/mol. The van der Waals surface area contributed by atoms with E-state index in [0.29, 0.717) is 38.8 Å². The lowest BCUT2D eigenvalue weighted by molar-refractivity contribution is -0.161. The number of carboxylic acids is 1. The summed E-state index contributed by atoms with van der Waals surface area (Å²) in [6.07, 6.45) is 0.303. The lowest BCUT2D eigenvalue weighted by atomic mass is 9.92. The van der Waals surface area contributed by atoms with E-state index in [-0.39, 0.29) is 18.4 Å². The van der Waals surface area contributed by atoms with Crippen molar-refractivity contribution in [2.75, 3.05) is 19.8 Å². The fourth-order valence-corrected chi connectivity index (χ4v) is 5.87. The largest absolute Gasteiger partial charge is 0.479 e. The molecule has 2 aromatic rings.